The van der Waals surface area contributed by atoms with E-state index in [1.807, 2.05) is 0 Å². The van der Waals surface area contributed by atoms with Crippen LogP contribution in [-0.2, 0) is 0 Å². The zero-order valence-electron chi connectivity index (χ0n) is 10.6. The molecule has 1 N–H and O–H groups in total. The zero-order chi connectivity index (χ0) is 13.2. The summed E-state index contributed by atoms with van der Waals surface area (Å²) in [5.41, 5.74) is 0.938. The molecule has 2 aromatic heterocycles. The van der Waals surface area contributed by atoms with Gasteiger partial charge in [0.25, 0.3) is 0 Å². The standard InChI is InChI=1S/C11H8N2OS/c1-8-13-10(7-15-8)3-2-9-4-11(14)6-12-5-9/h4-7,14H,1H3/i1D3. The molecule has 0 bridgehead atoms. The lowest BCUT2D eigenvalue weighted by Crippen LogP contribution is -1.78. The van der Waals surface area contributed by atoms with Gasteiger partial charge in [0.2, 0.25) is 0 Å². The van der Waals surface area contributed by atoms with E-state index in [4.69, 9.17) is 4.11 Å². The van der Waals surface area contributed by atoms with Crippen LogP contribution in [0.1, 0.15) is 20.4 Å². The molecule has 4 heteroatoms. The second-order valence-corrected chi connectivity index (χ2v) is 3.58. The summed E-state index contributed by atoms with van der Waals surface area (Å²) in [4.78, 5) is 7.70. The van der Waals surface area contributed by atoms with Gasteiger partial charge in [-0.3, -0.25) is 4.98 Å². The molecule has 2 rings (SSSR count). The van der Waals surface area contributed by atoms with Gasteiger partial charge in [0.05, 0.1) is 11.2 Å². The fourth-order valence-electron chi connectivity index (χ4n) is 0.964. The maximum absolute atomic E-state index is 9.20. The van der Waals surface area contributed by atoms with Crippen LogP contribution in [0.2, 0.25) is 0 Å². The van der Waals surface area contributed by atoms with Crippen LogP contribution in [-0.4, -0.2) is 15.1 Å². The molecule has 2 heterocycles. The number of hydrogen-bond donors (Lipinski definition) is 1. The van der Waals surface area contributed by atoms with Crippen LogP contribution in [0.15, 0.2) is 23.8 Å². The lowest BCUT2D eigenvalue weighted by Gasteiger charge is -1.89. The van der Waals surface area contributed by atoms with Crippen molar-refractivity contribution in [2.45, 2.75) is 6.85 Å². The molecule has 0 aromatic carbocycles. The average Bonchev–Trinajstić information content (AvgIpc) is 2.74. The third kappa shape index (κ3) is 2.55. The predicted molar refractivity (Wildman–Crippen MR) is 58.7 cm³/mol. The van der Waals surface area contributed by atoms with Gasteiger partial charge >= 0.3 is 0 Å². The van der Waals surface area contributed by atoms with E-state index in [0.29, 0.717) is 11.3 Å². The number of hydrogen-bond acceptors (Lipinski definition) is 4. The summed E-state index contributed by atoms with van der Waals surface area (Å²) in [6.07, 6.45) is 2.81. The first-order chi connectivity index (χ1) is 8.45. The molecule has 0 aliphatic heterocycles. The highest BCUT2D eigenvalue weighted by Crippen LogP contribution is 2.08. The minimum atomic E-state index is -2.20. The molecule has 0 radical (unpaired) electrons. The molecule has 3 nitrogen and oxygen atoms in total. The van der Waals surface area contributed by atoms with Crippen molar-refractivity contribution in [3.8, 4) is 17.6 Å². The second kappa shape index (κ2) is 4.11. The summed E-state index contributed by atoms with van der Waals surface area (Å²) in [5, 5.41) is 10.9. The molecule has 0 atom stereocenters. The first-order valence-corrected chi connectivity index (χ1v) is 4.95. The number of pyridine rings is 1. The van der Waals surface area contributed by atoms with Gasteiger partial charge in [0, 0.05) is 21.3 Å². The molecule has 0 amide bonds. The van der Waals surface area contributed by atoms with Gasteiger partial charge < -0.3 is 5.11 Å². The molecule has 0 saturated carbocycles. The van der Waals surface area contributed by atoms with Gasteiger partial charge in [-0.25, -0.2) is 4.98 Å². The number of rotatable bonds is 0. The quantitative estimate of drug-likeness (QED) is 0.689. The van der Waals surface area contributed by atoms with E-state index in [9.17, 15) is 5.11 Å². The monoisotopic (exact) mass is 219 g/mol. The predicted octanol–water partition coefficient (Wildman–Crippen LogP) is 1.95. The Morgan fingerprint density at radius 2 is 2.40 bits per heavy atom. The number of aryl methyl sites for hydroxylation is 1. The van der Waals surface area contributed by atoms with Gasteiger partial charge in [-0.05, 0) is 18.8 Å². The van der Waals surface area contributed by atoms with Gasteiger partial charge in [0.15, 0.2) is 0 Å². The van der Waals surface area contributed by atoms with Crippen LogP contribution in [0.4, 0.5) is 0 Å². The van der Waals surface area contributed by atoms with Crippen molar-refractivity contribution in [1.29, 1.82) is 0 Å². The van der Waals surface area contributed by atoms with Gasteiger partial charge in [0.1, 0.15) is 11.4 Å². The van der Waals surface area contributed by atoms with Crippen molar-refractivity contribution in [1.82, 2.24) is 9.97 Å². The highest BCUT2D eigenvalue weighted by atomic mass is 32.1. The Kier molecular flexibility index (Phi) is 1.81. The normalized spacial score (nSPS) is 13.2. The minimum absolute atomic E-state index is 0.0308. The third-order valence-corrected chi connectivity index (χ3v) is 2.22. The van der Waals surface area contributed by atoms with Crippen molar-refractivity contribution in [2.24, 2.45) is 0 Å². The third-order valence-electron chi connectivity index (χ3n) is 1.56. The van der Waals surface area contributed by atoms with Crippen molar-refractivity contribution >= 4 is 11.3 Å². The Hall–Kier alpha value is -1.86. The summed E-state index contributed by atoms with van der Waals surface area (Å²) in [5.74, 6) is 5.51. The van der Waals surface area contributed by atoms with Crippen LogP contribution in [0.3, 0.4) is 0 Å². The number of aromatic hydroxyl groups is 1. The maximum atomic E-state index is 9.20. The Labute approximate surface area is 95.7 Å². The Balaban J connectivity index is 2.23. The minimum Gasteiger partial charge on any atom is -0.506 e. The molecule has 2 aromatic rings. The van der Waals surface area contributed by atoms with Crippen molar-refractivity contribution in [3.63, 3.8) is 0 Å². The molecule has 0 unspecified atom stereocenters. The van der Waals surface area contributed by atoms with Crippen LogP contribution in [0, 0.1) is 18.7 Å². The van der Waals surface area contributed by atoms with Gasteiger partial charge in [-0.15, -0.1) is 11.3 Å². The molecule has 0 saturated heterocycles. The Morgan fingerprint density at radius 3 is 3.13 bits per heavy atom. The molecule has 0 spiro atoms. The van der Waals surface area contributed by atoms with E-state index in [2.05, 4.69) is 21.8 Å². The Morgan fingerprint density at radius 1 is 1.47 bits per heavy atom. The van der Waals surface area contributed by atoms with Crippen LogP contribution >= 0.6 is 11.3 Å². The summed E-state index contributed by atoms with van der Waals surface area (Å²) in [6, 6.07) is 1.47. The first kappa shape index (κ1) is 6.59. The van der Waals surface area contributed by atoms with E-state index in [-0.39, 0.29) is 10.8 Å². The van der Waals surface area contributed by atoms with Gasteiger partial charge in [-0.2, -0.15) is 0 Å². The van der Waals surface area contributed by atoms with Crippen LogP contribution in [0.25, 0.3) is 0 Å². The molecule has 0 aliphatic rings. The highest BCUT2D eigenvalue weighted by Gasteiger charge is 1.93. The fourth-order valence-corrected chi connectivity index (χ4v) is 1.45. The second-order valence-electron chi connectivity index (χ2n) is 2.72. The number of thiazole rings is 1. The fraction of sp³-hybridized carbons (Fsp3) is 0.0909. The number of aromatic nitrogens is 2. The lowest BCUT2D eigenvalue weighted by molar-refractivity contribution is 0.472. The van der Waals surface area contributed by atoms with E-state index >= 15 is 0 Å². The van der Waals surface area contributed by atoms with E-state index in [1.54, 1.807) is 5.38 Å². The Bertz CT molecular complexity index is 625. The smallest absolute Gasteiger partial charge is 0.135 e. The summed E-state index contributed by atoms with van der Waals surface area (Å²) < 4.78 is 21.6. The first-order valence-electron chi connectivity index (χ1n) is 5.57. The summed E-state index contributed by atoms with van der Waals surface area (Å²) >= 11 is 1.05. The lowest BCUT2D eigenvalue weighted by atomic mass is 10.3. The van der Waals surface area contributed by atoms with Crippen molar-refractivity contribution in [3.05, 3.63) is 40.1 Å². The van der Waals surface area contributed by atoms with E-state index in [1.165, 1.54) is 18.5 Å². The maximum Gasteiger partial charge on any atom is 0.135 e. The van der Waals surface area contributed by atoms with Crippen LogP contribution < -0.4 is 0 Å². The van der Waals surface area contributed by atoms with E-state index in [0.717, 1.165) is 11.3 Å². The molecule has 15 heavy (non-hydrogen) atoms. The summed E-state index contributed by atoms with van der Waals surface area (Å²) in [6.45, 7) is -2.20. The molecular weight excluding hydrogens is 208 g/mol. The average molecular weight is 219 g/mol. The number of nitrogens with zero attached hydrogens (tertiary/aromatic N) is 2. The molecule has 0 fully saturated rings. The van der Waals surface area contributed by atoms with Crippen LogP contribution in [0.5, 0.6) is 5.75 Å². The zero-order valence-corrected chi connectivity index (χ0v) is 8.38. The highest BCUT2D eigenvalue weighted by molar-refractivity contribution is 7.09. The molecular formula is C11H8N2OS. The largest absolute Gasteiger partial charge is 0.506 e. The molecule has 74 valence electrons. The van der Waals surface area contributed by atoms with E-state index < -0.39 is 6.85 Å². The van der Waals surface area contributed by atoms with Crippen molar-refractivity contribution < 1.29 is 9.22 Å². The summed E-state index contributed by atoms with van der Waals surface area (Å²) in [7, 11) is 0. The molecule has 0 aliphatic carbocycles. The van der Waals surface area contributed by atoms with Crippen molar-refractivity contribution in [2.75, 3.05) is 0 Å². The SMILES string of the molecule is [2H]C([2H])([2H])c1nc(C#Cc2cncc(O)c2)cs1. The van der Waals surface area contributed by atoms with Gasteiger partial charge in [-0.1, -0.05) is 5.92 Å². The topological polar surface area (TPSA) is 46.0 Å².